The second-order valence-corrected chi connectivity index (χ2v) is 18.5. The van der Waals surface area contributed by atoms with Crippen molar-refractivity contribution in [3.05, 3.63) is 83.6 Å². The van der Waals surface area contributed by atoms with Crippen molar-refractivity contribution in [2.24, 2.45) is 17.8 Å². The number of likely N-dealkylation sites (tertiary alicyclic amines) is 2. The van der Waals surface area contributed by atoms with E-state index in [0.29, 0.717) is 58.9 Å². The Labute approximate surface area is 378 Å². The normalized spacial score (nSPS) is 22.3. The van der Waals surface area contributed by atoms with Gasteiger partial charge >= 0.3 is 24.0 Å². The summed E-state index contributed by atoms with van der Waals surface area (Å²) in [5.41, 5.74) is 0.832. The number of carbonyl (C=O) groups is 4. The molecule has 66 heavy (non-hydrogen) atoms. The minimum absolute atomic E-state index is 0.0169. The number of aromatic nitrogens is 4. The molecule has 4 aliphatic rings. The number of carbonyl (C=O) groups excluding carboxylic acids is 4. The molecule has 14 nitrogen and oxygen atoms in total. The number of hydrogen-bond donors (Lipinski definition) is 4. The van der Waals surface area contributed by atoms with Gasteiger partial charge in [-0.15, -0.1) is 0 Å². The van der Waals surface area contributed by atoms with Gasteiger partial charge in [-0.05, 0) is 96.4 Å². The second kappa shape index (κ2) is 16.8. The lowest BCUT2D eigenvalue weighted by atomic mass is 9.78. The fraction of sp³-hybridized carbons (Fsp3) is 0.458. The van der Waals surface area contributed by atoms with Crippen molar-refractivity contribution in [1.82, 2.24) is 40.4 Å². The van der Waals surface area contributed by atoms with Crippen LogP contribution in [0.1, 0.15) is 94.7 Å². The van der Waals surface area contributed by atoms with Crippen LogP contribution in [-0.4, -0.2) is 92.6 Å². The number of imidazole rings is 2. The highest BCUT2D eigenvalue weighted by Gasteiger charge is 2.63. The van der Waals surface area contributed by atoms with Crippen LogP contribution in [-0.2, 0) is 30.9 Å². The van der Waals surface area contributed by atoms with Gasteiger partial charge in [-0.1, -0.05) is 58.0 Å². The molecule has 348 valence electrons. The van der Waals surface area contributed by atoms with Crippen LogP contribution in [0.4, 0.5) is 27.2 Å². The first-order chi connectivity index (χ1) is 31.4. The van der Waals surface area contributed by atoms with Crippen molar-refractivity contribution in [3.8, 4) is 33.5 Å². The summed E-state index contributed by atoms with van der Waals surface area (Å²) in [6.07, 6.45) is 3.77. The van der Waals surface area contributed by atoms with Crippen molar-refractivity contribution in [2.45, 2.75) is 102 Å². The molecule has 6 atom stereocenters. The average molecular weight is 913 g/mol. The molecule has 3 aromatic carbocycles. The fourth-order valence-electron chi connectivity index (χ4n) is 10.5. The Morgan fingerprint density at radius 1 is 0.742 bits per heavy atom. The predicted molar refractivity (Wildman–Crippen MR) is 235 cm³/mol. The van der Waals surface area contributed by atoms with E-state index in [1.54, 1.807) is 49.1 Å². The van der Waals surface area contributed by atoms with Crippen LogP contribution < -0.4 is 10.6 Å². The van der Waals surface area contributed by atoms with Crippen molar-refractivity contribution < 1.29 is 46.2 Å². The molecular weight excluding hydrogens is 861 g/mol. The Hall–Kier alpha value is -6.46. The predicted octanol–water partition coefficient (Wildman–Crippen LogP) is 8.96. The number of ether oxygens (including phenoxy) is 2. The van der Waals surface area contributed by atoms with Crippen LogP contribution in [0.15, 0.2) is 60.8 Å². The van der Waals surface area contributed by atoms with Crippen LogP contribution in [0.2, 0.25) is 0 Å². The number of fused-ring (bicyclic) bond motifs is 6. The van der Waals surface area contributed by atoms with E-state index in [-0.39, 0.29) is 58.3 Å². The summed E-state index contributed by atoms with van der Waals surface area (Å²) in [5, 5.41) is 5.29. The van der Waals surface area contributed by atoms with Gasteiger partial charge in [0.15, 0.2) is 0 Å². The molecule has 1 unspecified atom stereocenters. The van der Waals surface area contributed by atoms with Gasteiger partial charge in [0.1, 0.15) is 23.7 Å². The lowest BCUT2D eigenvalue weighted by molar-refractivity contribution is -0.225. The highest BCUT2D eigenvalue weighted by molar-refractivity contribution is 5.89. The molecular formula is C48H52F4N8O6. The maximum Gasteiger partial charge on any atom is 0.407 e. The van der Waals surface area contributed by atoms with E-state index >= 15 is 17.6 Å². The lowest BCUT2D eigenvalue weighted by Crippen LogP contribution is -2.54. The van der Waals surface area contributed by atoms with Crippen LogP contribution in [0.3, 0.4) is 0 Å². The Balaban J connectivity index is 0.986. The number of methoxy groups -OCH3 is 2. The maximum atomic E-state index is 16.3. The van der Waals surface area contributed by atoms with E-state index in [0.717, 1.165) is 31.4 Å². The molecule has 0 radical (unpaired) electrons. The Kier molecular flexibility index (Phi) is 11.4. The number of alkyl carbamates (subject to hydrolysis) is 2. The van der Waals surface area contributed by atoms with E-state index in [1.165, 1.54) is 32.5 Å². The SMILES string of the molecule is COC(=O)N[C@H](C(=O)N1CCC[C@H]1c1ncc(-c2ccc3c(c2)C(F)(F)C(F)(F)c2cc(-c4ccc5nc(C6[C@H]7CC[C@H](C7)N6C(=O)[C@@H](NC(=O)OC)C(C)C)[nH]c5c4)ccc2-3)[nH]1)C(C)C. The first-order valence-corrected chi connectivity index (χ1v) is 22.3. The standard InChI is InChI=1S/C48H52F4N8O6/c1-23(2)38(57-45(63)65-5)43(61)59-17-7-8-37(59)41-53-22-36(56-41)27-11-15-31-30-14-10-25(19-32(30)47(49,50)48(51,52)33(31)20-27)26-12-16-34-35(21-26)55-42(54-34)40-28-9-13-29(18-28)60(40)44(62)39(24(3)4)58-46(64)66-6/h10-12,14-16,19-24,28-29,37-40H,7-9,13,17-18H2,1-6H3,(H,53,56)(H,54,55)(H,57,63)(H,58,64)/t28-,29+,37-,38-,39-,40?/m0/s1. The van der Waals surface area contributed by atoms with Gasteiger partial charge in [0.05, 0.1) is 49.2 Å². The second-order valence-electron chi connectivity index (χ2n) is 18.5. The largest absolute Gasteiger partial charge is 0.453 e. The summed E-state index contributed by atoms with van der Waals surface area (Å²) in [6.45, 7) is 7.72. The Morgan fingerprint density at radius 2 is 1.33 bits per heavy atom. The average Bonchev–Trinajstić information content (AvgIpc) is 4.17. The zero-order valence-electron chi connectivity index (χ0n) is 37.4. The molecule has 0 spiro atoms. The number of hydrogen-bond acceptors (Lipinski definition) is 8. The molecule has 2 aromatic heterocycles. The number of benzene rings is 3. The molecule has 2 bridgehead atoms. The molecule has 2 aliphatic carbocycles. The third-order valence-electron chi connectivity index (χ3n) is 13.9. The molecule has 4 N–H and O–H groups in total. The summed E-state index contributed by atoms with van der Waals surface area (Å²) < 4.78 is 74.7. The molecule has 2 aliphatic heterocycles. The molecule has 4 amide bonds. The third kappa shape index (κ3) is 7.41. The van der Waals surface area contributed by atoms with Gasteiger partial charge in [-0.3, -0.25) is 9.59 Å². The quantitative estimate of drug-likeness (QED) is 0.101. The number of rotatable bonds is 10. The minimum Gasteiger partial charge on any atom is -0.453 e. The number of halogens is 4. The number of nitrogens with one attached hydrogen (secondary N) is 4. The van der Waals surface area contributed by atoms with E-state index in [9.17, 15) is 19.2 Å². The Bertz CT molecular complexity index is 2740. The van der Waals surface area contributed by atoms with Crippen LogP contribution in [0.5, 0.6) is 0 Å². The molecule has 2 saturated heterocycles. The summed E-state index contributed by atoms with van der Waals surface area (Å²) in [7, 11) is 2.46. The van der Waals surface area contributed by atoms with Crippen LogP contribution in [0.25, 0.3) is 44.5 Å². The number of H-pyrrole nitrogens is 2. The highest BCUT2D eigenvalue weighted by atomic mass is 19.3. The smallest absolute Gasteiger partial charge is 0.407 e. The van der Waals surface area contributed by atoms with E-state index in [4.69, 9.17) is 14.5 Å². The minimum atomic E-state index is -4.59. The monoisotopic (exact) mass is 912 g/mol. The van der Waals surface area contributed by atoms with Gasteiger partial charge in [-0.25, -0.2) is 19.6 Å². The molecule has 5 aromatic rings. The molecule has 4 heterocycles. The zero-order valence-corrected chi connectivity index (χ0v) is 37.4. The van der Waals surface area contributed by atoms with E-state index in [1.807, 2.05) is 18.7 Å². The summed E-state index contributed by atoms with van der Waals surface area (Å²) in [5.74, 6) is -9.04. The number of aromatic amines is 2. The van der Waals surface area contributed by atoms with Gasteiger partial charge in [-0.2, -0.15) is 17.6 Å². The first-order valence-electron chi connectivity index (χ1n) is 22.3. The van der Waals surface area contributed by atoms with Crippen molar-refractivity contribution in [3.63, 3.8) is 0 Å². The fourth-order valence-corrected chi connectivity index (χ4v) is 10.5. The molecule has 1 saturated carbocycles. The van der Waals surface area contributed by atoms with Crippen LogP contribution >= 0.6 is 0 Å². The maximum absolute atomic E-state index is 16.3. The Morgan fingerprint density at radius 3 is 1.97 bits per heavy atom. The van der Waals surface area contributed by atoms with Crippen LogP contribution in [0, 0.1) is 17.8 Å². The number of piperidine rings is 1. The molecule has 3 fully saturated rings. The number of amides is 4. The highest BCUT2D eigenvalue weighted by Crippen LogP contribution is 2.59. The third-order valence-corrected chi connectivity index (χ3v) is 13.9. The summed E-state index contributed by atoms with van der Waals surface area (Å²) in [6, 6.07) is 10.9. The number of alkyl halides is 4. The molecule has 18 heteroatoms. The zero-order chi connectivity index (χ0) is 47.0. The number of nitrogens with zero attached hydrogens (tertiary/aromatic N) is 4. The van der Waals surface area contributed by atoms with Crippen molar-refractivity contribution in [2.75, 3.05) is 20.8 Å². The molecule has 9 rings (SSSR count). The van der Waals surface area contributed by atoms with Gasteiger partial charge < -0.3 is 39.9 Å². The van der Waals surface area contributed by atoms with Gasteiger partial charge in [0.25, 0.3) is 0 Å². The van der Waals surface area contributed by atoms with Crippen molar-refractivity contribution in [1.29, 1.82) is 0 Å². The summed E-state index contributed by atoms with van der Waals surface area (Å²) >= 11 is 0. The van der Waals surface area contributed by atoms with E-state index in [2.05, 4.69) is 25.6 Å². The van der Waals surface area contributed by atoms with Gasteiger partial charge in [0, 0.05) is 29.3 Å². The van der Waals surface area contributed by atoms with Gasteiger partial charge in [0.2, 0.25) is 11.8 Å². The lowest BCUT2D eigenvalue weighted by Gasteiger charge is -2.37. The van der Waals surface area contributed by atoms with E-state index < -0.39 is 53.3 Å². The topological polar surface area (TPSA) is 175 Å². The first kappa shape index (κ1) is 44.7. The summed E-state index contributed by atoms with van der Waals surface area (Å²) in [4.78, 5) is 71.2. The van der Waals surface area contributed by atoms with Crippen molar-refractivity contribution >= 4 is 35.0 Å².